The van der Waals surface area contributed by atoms with Gasteiger partial charge >= 0.3 is 0 Å². The highest BCUT2D eigenvalue weighted by Gasteiger charge is 2.24. The van der Waals surface area contributed by atoms with Gasteiger partial charge in [0.25, 0.3) is 0 Å². The zero-order chi connectivity index (χ0) is 16.2. The Balaban J connectivity index is 1.79. The van der Waals surface area contributed by atoms with Crippen molar-refractivity contribution in [1.82, 2.24) is 19.9 Å². The van der Waals surface area contributed by atoms with Gasteiger partial charge in [0.1, 0.15) is 0 Å². The molecule has 0 aliphatic carbocycles. The van der Waals surface area contributed by atoms with Crippen LogP contribution in [0.15, 0.2) is 30.3 Å². The highest BCUT2D eigenvalue weighted by molar-refractivity contribution is 5.53. The van der Waals surface area contributed by atoms with E-state index in [-0.39, 0.29) is 12.0 Å². The molecule has 6 nitrogen and oxygen atoms in total. The molecule has 3 N–H and O–H groups in total. The van der Waals surface area contributed by atoms with E-state index in [2.05, 4.69) is 39.0 Å². The Morgan fingerprint density at radius 2 is 2.00 bits per heavy atom. The van der Waals surface area contributed by atoms with Crippen molar-refractivity contribution >= 4 is 17.6 Å². The highest BCUT2D eigenvalue weighted by Crippen LogP contribution is 2.25. The number of benzene rings is 1. The molecule has 0 saturated carbocycles. The molecule has 1 aromatic heterocycles. The maximum atomic E-state index is 5.89. The molecule has 0 spiro atoms. The van der Waals surface area contributed by atoms with Crippen LogP contribution in [0.3, 0.4) is 0 Å². The number of aromatic nitrogens is 3. The van der Waals surface area contributed by atoms with Gasteiger partial charge in [0.15, 0.2) is 5.82 Å². The summed E-state index contributed by atoms with van der Waals surface area (Å²) < 4.78 is 0. The van der Waals surface area contributed by atoms with Gasteiger partial charge in [-0.1, -0.05) is 25.1 Å². The molecule has 1 saturated heterocycles. The summed E-state index contributed by atoms with van der Waals surface area (Å²) in [4.78, 5) is 15.5. The first-order valence-electron chi connectivity index (χ1n) is 8.19. The molecule has 0 radical (unpaired) electrons. The van der Waals surface area contributed by atoms with Crippen LogP contribution in [-0.4, -0.2) is 32.9 Å². The van der Waals surface area contributed by atoms with Crippen molar-refractivity contribution in [2.45, 2.75) is 32.7 Å². The fourth-order valence-electron chi connectivity index (χ4n) is 3.04. The molecule has 1 aromatic carbocycles. The zero-order valence-corrected chi connectivity index (χ0v) is 13.7. The molecule has 0 amide bonds. The van der Waals surface area contributed by atoms with Gasteiger partial charge in [-0.05, 0) is 44.4 Å². The lowest BCUT2D eigenvalue weighted by Gasteiger charge is -2.34. The van der Waals surface area contributed by atoms with Gasteiger partial charge < -0.3 is 11.1 Å². The molecule has 23 heavy (non-hydrogen) atoms. The van der Waals surface area contributed by atoms with Crippen LogP contribution in [0, 0.1) is 5.92 Å². The van der Waals surface area contributed by atoms with Gasteiger partial charge in [0.05, 0.1) is 6.04 Å². The third-order valence-corrected chi connectivity index (χ3v) is 4.31. The summed E-state index contributed by atoms with van der Waals surface area (Å²) in [7, 11) is 0. The molecule has 3 rings (SSSR count). The van der Waals surface area contributed by atoms with E-state index in [0.717, 1.165) is 24.6 Å². The normalized spacial score (nSPS) is 20.2. The van der Waals surface area contributed by atoms with Gasteiger partial charge in [-0.2, -0.15) is 15.0 Å². The molecule has 122 valence electrons. The molecule has 2 atom stereocenters. The minimum absolute atomic E-state index is 0.138. The Bertz CT molecular complexity index is 645. The Hall–Kier alpha value is -2.21. The first-order valence-corrected chi connectivity index (χ1v) is 8.19. The van der Waals surface area contributed by atoms with Crippen LogP contribution in [0.5, 0.6) is 0 Å². The van der Waals surface area contributed by atoms with Crippen LogP contribution in [0.2, 0.25) is 0 Å². The summed E-state index contributed by atoms with van der Waals surface area (Å²) in [6, 6.07) is 9.97. The molecular formula is C17H24N6. The third-order valence-electron chi connectivity index (χ3n) is 4.31. The first-order chi connectivity index (χ1) is 11.1. The lowest BCUT2D eigenvalue weighted by Crippen LogP contribution is -2.37. The lowest BCUT2D eigenvalue weighted by atomic mass is 9.99. The number of anilines is 3. The molecule has 6 heteroatoms. The maximum Gasteiger partial charge on any atom is 0.232 e. The quantitative estimate of drug-likeness (QED) is 0.903. The molecule has 2 aromatic rings. The average Bonchev–Trinajstić information content (AvgIpc) is 2.54. The molecule has 2 heterocycles. The number of hydrogen-bond acceptors (Lipinski definition) is 6. The number of nitrogens with zero attached hydrogens (tertiary/aromatic N) is 4. The van der Waals surface area contributed by atoms with Crippen molar-refractivity contribution in [3.63, 3.8) is 0 Å². The number of para-hydroxylation sites is 1. The van der Waals surface area contributed by atoms with Crippen LogP contribution in [0.4, 0.5) is 17.6 Å². The summed E-state index contributed by atoms with van der Waals surface area (Å²) in [5.74, 6) is 2.19. The Labute approximate surface area is 137 Å². The van der Waals surface area contributed by atoms with Crippen LogP contribution in [-0.2, 0) is 0 Å². The van der Waals surface area contributed by atoms with Crippen molar-refractivity contribution in [2.75, 3.05) is 24.1 Å². The Morgan fingerprint density at radius 3 is 2.74 bits per heavy atom. The molecule has 1 aliphatic rings. The van der Waals surface area contributed by atoms with Crippen molar-refractivity contribution in [3.8, 4) is 0 Å². The van der Waals surface area contributed by atoms with Crippen LogP contribution >= 0.6 is 0 Å². The number of nitrogen functional groups attached to an aromatic ring is 1. The van der Waals surface area contributed by atoms with Gasteiger partial charge in [-0.25, -0.2) is 0 Å². The average molecular weight is 312 g/mol. The van der Waals surface area contributed by atoms with E-state index in [1.165, 1.54) is 12.8 Å². The summed E-state index contributed by atoms with van der Waals surface area (Å²) in [6.45, 7) is 6.59. The number of hydrogen-bond donors (Lipinski definition) is 2. The first kappa shape index (κ1) is 15.7. The second kappa shape index (κ2) is 6.91. The van der Waals surface area contributed by atoms with E-state index >= 15 is 0 Å². The largest absolute Gasteiger partial charge is 0.368 e. The van der Waals surface area contributed by atoms with E-state index in [0.29, 0.717) is 11.9 Å². The van der Waals surface area contributed by atoms with Gasteiger partial charge in [-0.3, -0.25) is 4.90 Å². The topological polar surface area (TPSA) is 80.0 Å². The van der Waals surface area contributed by atoms with Crippen LogP contribution < -0.4 is 11.1 Å². The van der Waals surface area contributed by atoms with E-state index in [9.17, 15) is 0 Å². The smallest absolute Gasteiger partial charge is 0.232 e. The van der Waals surface area contributed by atoms with Crippen LogP contribution in [0.1, 0.15) is 38.6 Å². The number of nitrogens with one attached hydrogen (secondary N) is 1. The molecule has 1 fully saturated rings. The van der Waals surface area contributed by atoms with E-state index in [4.69, 9.17) is 5.73 Å². The Kier molecular flexibility index (Phi) is 4.71. The fourth-order valence-corrected chi connectivity index (χ4v) is 3.04. The van der Waals surface area contributed by atoms with E-state index in [1.807, 2.05) is 30.3 Å². The monoisotopic (exact) mass is 312 g/mol. The summed E-state index contributed by atoms with van der Waals surface area (Å²) in [5, 5.41) is 3.19. The fraction of sp³-hybridized carbons (Fsp3) is 0.471. The minimum Gasteiger partial charge on any atom is -0.368 e. The van der Waals surface area contributed by atoms with Crippen LogP contribution in [0.25, 0.3) is 0 Å². The summed E-state index contributed by atoms with van der Waals surface area (Å²) in [6.07, 6.45) is 2.52. The van der Waals surface area contributed by atoms with Crippen molar-refractivity contribution in [2.24, 2.45) is 5.92 Å². The predicted molar refractivity (Wildman–Crippen MR) is 92.4 cm³/mol. The standard InChI is InChI=1S/C17H24N6/c1-12-7-6-10-23(11-12)13(2)15-20-16(18)22-17(21-15)19-14-8-4-3-5-9-14/h3-5,8-9,12-13H,6-7,10-11H2,1-2H3,(H3,18,19,20,21,22)/t12-,13+/m1/s1. The lowest BCUT2D eigenvalue weighted by molar-refractivity contribution is 0.134. The van der Waals surface area contributed by atoms with Crippen molar-refractivity contribution in [1.29, 1.82) is 0 Å². The number of piperidine rings is 1. The second-order valence-electron chi connectivity index (χ2n) is 6.28. The number of nitrogens with two attached hydrogens (primary N) is 1. The molecule has 1 aliphatic heterocycles. The summed E-state index contributed by atoms with van der Waals surface area (Å²) >= 11 is 0. The number of rotatable bonds is 4. The van der Waals surface area contributed by atoms with Crippen molar-refractivity contribution in [3.05, 3.63) is 36.2 Å². The van der Waals surface area contributed by atoms with Gasteiger partial charge in [0, 0.05) is 12.2 Å². The summed E-state index contributed by atoms with van der Waals surface area (Å²) in [5.41, 5.74) is 6.82. The highest BCUT2D eigenvalue weighted by atomic mass is 15.2. The Morgan fingerprint density at radius 1 is 1.22 bits per heavy atom. The molecule has 0 unspecified atom stereocenters. The van der Waals surface area contributed by atoms with Gasteiger partial charge in [0.2, 0.25) is 11.9 Å². The predicted octanol–water partition coefficient (Wildman–Crippen LogP) is 2.99. The van der Waals surface area contributed by atoms with E-state index in [1.54, 1.807) is 0 Å². The molecule has 0 bridgehead atoms. The molecular weight excluding hydrogens is 288 g/mol. The second-order valence-corrected chi connectivity index (χ2v) is 6.28. The zero-order valence-electron chi connectivity index (χ0n) is 13.7. The third kappa shape index (κ3) is 3.96. The van der Waals surface area contributed by atoms with Gasteiger partial charge in [-0.15, -0.1) is 0 Å². The van der Waals surface area contributed by atoms with Crippen molar-refractivity contribution < 1.29 is 0 Å². The SMILES string of the molecule is C[C@@H]1CCCN([C@@H](C)c2nc(N)nc(Nc3ccccc3)n2)C1. The minimum atomic E-state index is 0.138. The maximum absolute atomic E-state index is 5.89. The van der Waals surface area contributed by atoms with E-state index < -0.39 is 0 Å². The number of likely N-dealkylation sites (tertiary alicyclic amines) is 1.